The number of benzene rings is 18. The van der Waals surface area contributed by atoms with Gasteiger partial charge in [0.05, 0.1) is 44.1 Å². The lowest BCUT2D eigenvalue weighted by Crippen LogP contribution is -1.96. The molecule has 0 atom stereocenters. The first-order chi connectivity index (χ1) is 55.6. The van der Waals surface area contributed by atoms with Gasteiger partial charge in [-0.05, 0) is 192 Å². The van der Waals surface area contributed by atoms with Crippen LogP contribution in [0.5, 0.6) is 0 Å². The molecule has 0 N–H and O–H groups in total. The molecule has 0 amide bonds. The first kappa shape index (κ1) is 65.5. The minimum atomic E-state index is 1.14. The average Bonchev–Trinajstić information content (AvgIpc) is 1.58. The maximum atomic E-state index is 2.46. The monoisotopic (exact) mass is 1420 g/mol. The molecule has 0 saturated carbocycles. The lowest BCUT2D eigenvalue weighted by atomic mass is 9.94. The van der Waals surface area contributed by atoms with E-state index in [1.807, 2.05) is 0 Å². The number of hydrogen-bond donors (Lipinski definition) is 0. The molecule has 524 valence electrons. The van der Waals surface area contributed by atoms with Gasteiger partial charge in [0, 0.05) is 65.8 Å². The molecule has 0 radical (unpaired) electrons. The van der Waals surface area contributed by atoms with Gasteiger partial charge in [-0.2, -0.15) is 0 Å². The minimum Gasteiger partial charge on any atom is -0.309 e. The summed E-state index contributed by atoms with van der Waals surface area (Å²) in [6, 6.07) is 159. The Morgan fingerprint density at radius 1 is 0.116 bits per heavy atom. The number of aromatic nitrogens is 4. The van der Waals surface area contributed by atoms with Crippen LogP contribution in [0.15, 0.2) is 437 Å². The van der Waals surface area contributed by atoms with Crippen molar-refractivity contribution in [2.45, 2.75) is 0 Å². The molecule has 0 spiro atoms. The molecule has 0 aliphatic carbocycles. The van der Waals surface area contributed by atoms with Crippen LogP contribution in [0.25, 0.3) is 199 Å². The summed E-state index contributed by atoms with van der Waals surface area (Å²) in [5, 5.41) is 9.97. The molecule has 4 heteroatoms. The maximum absolute atomic E-state index is 2.46. The fourth-order valence-electron chi connectivity index (χ4n) is 17.6. The van der Waals surface area contributed by atoms with E-state index in [4.69, 9.17) is 0 Å². The van der Waals surface area contributed by atoms with Gasteiger partial charge in [-0.15, -0.1) is 0 Å². The molecular formula is C108H72N4. The SMILES string of the molecule is c1ccc(-c2cc(-c3ccccc3)cc(-n3c4ccccc4c4ccc(-c5cccc6c5c5ccccc5n6-c5cccc(-c6ccccc6)c5)cc43)c2)cc1.c1ccc(-c2cccc(-n3c4ccccc4c4c(-c5ccc6c7ccccc7n(-c7ccc(-c8ccccc8)c(-c8ccccc8)c7)c6c5)cccc43)c2)cc1. The second kappa shape index (κ2) is 27.7. The lowest BCUT2D eigenvalue weighted by molar-refractivity contribution is 1.18. The standard InChI is InChI=1S/2C54H36N2/c1-4-16-37(17-5-1)40-22-14-23-42(34-40)55-51-28-13-11-25-48(51)54-45(26-15-29-52(54)55)41-30-32-47-46-24-10-12-27-50(46)56(53(47)35-41)43-31-33-44(38-18-6-2-7-19-38)49(36-43)39-20-8-3-9-21-39;1-4-16-37(17-5-1)40-22-14-23-44(33-40)55-51-28-13-11-25-49(51)54-46(26-15-29-52(54)55)41-30-31-48-47-24-10-12-27-50(47)56(53(48)36-41)45-34-42(38-18-6-2-7-19-38)32-43(35-45)39-20-8-3-9-21-39/h2*1-36H. The van der Waals surface area contributed by atoms with Gasteiger partial charge in [-0.25, -0.2) is 0 Å². The van der Waals surface area contributed by atoms with Crippen molar-refractivity contribution in [1.82, 2.24) is 18.3 Å². The Labute approximate surface area is 649 Å². The Morgan fingerprint density at radius 3 is 0.839 bits per heavy atom. The Morgan fingerprint density at radius 2 is 0.411 bits per heavy atom. The third kappa shape index (κ3) is 11.4. The van der Waals surface area contributed by atoms with E-state index >= 15 is 0 Å². The van der Waals surface area contributed by atoms with Crippen LogP contribution in [-0.2, 0) is 0 Å². The van der Waals surface area contributed by atoms with Crippen molar-refractivity contribution in [2.75, 3.05) is 0 Å². The first-order valence-corrected chi connectivity index (χ1v) is 38.5. The summed E-state index contributed by atoms with van der Waals surface area (Å²) < 4.78 is 9.77. The fourth-order valence-corrected chi connectivity index (χ4v) is 17.6. The zero-order valence-corrected chi connectivity index (χ0v) is 61.4. The highest BCUT2D eigenvalue weighted by atomic mass is 15.0. The van der Waals surface area contributed by atoms with E-state index in [0.29, 0.717) is 0 Å². The average molecular weight is 1430 g/mol. The third-order valence-electron chi connectivity index (χ3n) is 22.6. The van der Waals surface area contributed by atoms with Crippen LogP contribution in [0.4, 0.5) is 0 Å². The van der Waals surface area contributed by atoms with E-state index in [1.54, 1.807) is 0 Å². The van der Waals surface area contributed by atoms with Gasteiger partial charge in [0.25, 0.3) is 0 Å². The Hall–Kier alpha value is -14.8. The topological polar surface area (TPSA) is 19.7 Å². The van der Waals surface area contributed by atoms with Gasteiger partial charge in [0.1, 0.15) is 0 Å². The van der Waals surface area contributed by atoms with Gasteiger partial charge in [-0.1, -0.05) is 334 Å². The number of hydrogen-bond acceptors (Lipinski definition) is 0. The zero-order valence-electron chi connectivity index (χ0n) is 61.4. The van der Waals surface area contributed by atoms with E-state index in [0.717, 1.165) is 22.7 Å². The normalized spacial score (nSPS) is 11.6. The smallest absolute Gasteiger partial charge is 0.0547 e. The van der Waals surface area contributed by atoms with Gasteiger partial charge in [-0.3, -0.25) is 0 Å². The molecule has 0 saturated heterocycles. The highest BCUT2D eigenvalue weighted by Gasteiger charge is 2.23. The van der Waals surface area contributed by atoms with Crippen LogP contribution >= 0.6 is 0 Å². The van der Waals surface area contributed by atoms with E-state index in [9.17, 15) is 0 Å². The molecule has 0 aliphatic heterocycles. The summed E-state index contributed by atoms with van der Waals surface area (Å²) in [4.78, 5) is 0. The molecule has 18 aromatic carbocycles. The molecule has 112 heavy (non-hydrogen) atoms. The number of fused-ring (bicyclic) bond motifs is 12. The first-order valence-electron chi connectivity index (χ1n) is 38.5. The third-order valence-corrected chi connectivity index (χ3v) is 22.6. The molecule has 4 aromatic heterocycles. The van der Waals surface area contributed by atoms with Gasteiger partial charge in [0.2, 0.25) is 0 Å². The van der Waals surface area contributed by atoms with Crippen LogP contribution in [-0.4, -0.2) is 18.3 Å². The van der Waals surface area contributed by atoms with E-state index in [2.05, 4.69) is 455 Å². The number of nitrogens with zero attached hydrogens (tertiary/aromatic N) is 4. The second-order valence-electron chi connectivity index (χ2n) is 29.1. The van der Waals surface area contributed by atoms with Crippen molar-refractivity contribution in [3.8, 4) is 112 Å². The quantitative estimate of drug-likeness (QED) is 0.116. The van der Waals surface area contributed by atoms with Crippen LogP contribution in [0.3, 0.4) is 0 Å². The number of para-hydroxylation sites is 4. The molecular weight excluding hydrogens is 1350 g/mol. The van der Waals surface area contributed by atoms with Gasteiger partial charge in [0.15, 0.2) is 0 Å². The van der Waals surface area contributed by atoms with Gasteiger partial charge >= 0.3 is 0 Å². The summed E-state index contributed by atoms with van der Waals surface area (Å²) in [5.74, 6) is 0. The largest absolute Gasteiger partial charge is 0.309 e. The van der Waals surface area contributed by atoms with Crippen molar-refractivity contribution in [3.63, 3.8) is 0 Å². The molecule has 22 rings (SSSR count). The van der Waals surface area contributed by atoms with Gasteiger partial charge < -0.3 is 18.3 Å². The van der Waals surface area contributed by atoms with Crippen LogP contribution in [0.2, 0.25) is 0 Å². The van der Waals surface area contributed by atoms with Crippen LogP contribution < -0.4 is 0 Å². The molecule has 0 bridgehead atoms. The summed E-state index contributed by atoms with van der Waals surface area (Å²) in [7, 11) is 0. The van der Waals surface area contributed by atoms with E-state index in [1.165, 1.54) is 176 Å². The molecule has 22 aromatic rings. The summed E-state index contributed by atoms with van der Waals surface area (Å²) >= 11 is 0. The second-order valence-corrected chi connectivity index (χ2v) is 29.1. The Kier molecular flexibility index (Phi) is 16.2. The predicted molar refractivity (Wildman–Crippen MR) is 474 cm³/mol. The van der Waals surface area contributed by atoms with Crippen molar-refractivity contribution in [2.24, 2.45) is 0 Å². The minimum absolute atomic E-state index is 1.14. The Bertz CT molecular complexity index is 7270. The van der Waals surface area contributed by atoms with Crippen molar-refractivity contribution in [1.29, 1.82) is 0 Å². The van der Waals surface area contributed by atoms with Crippen LogP contribution in [0, 0.1) is 0 Å². The van der Waals surface area contributed by atoms with E-state index in [-0.39, 0.29) is 0 Å². The van der Waals surface area contributed by atoms with Crippen LogP contribution in [0.1, 0.15) is 0 Å². The highest BCUT2D eigenvalue weighted by Crippen LogP contribution is 2.46. The Balaban J connectivity index is 0.000000141. The molecule has 0 aliphatic rings. The molecule has 0 unspecified atom stereocenters. The summed E-state index contributed by atoms with van der Waals surface area (Å²) in [6.45, 7) is 0. The molecule has 4 heterocycles. The maximum Gasteiger partial charge on any atom is 0.0547 e. The van der Waals surface area contributed by atoms with E-state index < -0.39 is 0 Å². The molecule has 0 fully saturated rings. The molecule has 4 nitrogen and oxygen atoms in total. The zero-order chi connectivity index (χ0) is 74.0. The highest BCUT2D eigenvalue weighted by molar-refractivity contribution is 6.19. The summed E-state index contributed by atoms with van der Waals surface area (Å²) in [6.07, 6.45) is 0. The number of rotatable bonds is 12. The van der Waals surface area contributed by atoms with Crippen molar-refractivity contribution < 1.29 is 0 Å². The van der Waals surface area contributed by atoms with Crippen molar-refractivity contribution >= 4 is 87.2 Å². The van der Waals surface area contributed by atoms with Crippen molar-refractivity contribution in [3.05, 3.63) is 437 Å². The predicted octanol–water partition coefficient (Wildman–Crippen LogP) is 29.1. The lowest BCUT2D eigenvalue weighted by Gasteiger charge is -2.15. The summed E-state index contributed by atoms with van der Waals surface area (Å²) in [5.41, 5.74) is 33.4. The fraction of sp³-hybridized carbons (Fsp3) is 0.